The maximum absolute atomic E-state index is 12.6. The Labute approximate surface area is 173 Å². The molecule has 1 aliphatic heterocycles. The Morgan fingerprint density at radius 3 is 2.44 bits per heavy atom. The molecule has 144 valence electrons. The summed E-state index contributed by atoms with van der Waals surface area (Å²) in [4.78, 5) is 12.3. The number of benzene rings is 2. The lowest BCUT2D eigenvalue weighted by atomic mass is 10.2. The van der Waals surface area contributed by atoms with Gasteiger partial charge in [-0.15, -0.1) is 0 Å². The van der Waals surface area contributed by atoms with Crippen molar-refractivity contribution in [3.63, 3.8) is 0 Å². The lowest BCUT2D eigenvalue weighted by Crippen LogP contribution is -2.27. The average Bonchev–Trinajstić information content (AvgIpc) is 3.18. The van der Waals surface area contributed by atoms with Gasteiger partial charge in [-0.05, 0) is 90.4 Å². The third-order valence-electron chi connectivity index (χ3n) is 4.34. The second-order valence-electron chi connectivity index (χ2n) is 6.38. The lowest BCUT2D eigenvalue weighted by molar-refractivity contribution is -0.118. The monoisotopic (exact) mass is 500 g/mol. The first-order valence-corrected chi connectivity index (χ1v) is 11.2. The number of sulfonamides is 1. The van der Waals surface area contributed by atoms with E-state index in [9.17, 15) is 13.2 Å². The SMILES string of the molecule is Cc1cc(S(=O)(=O)N2CCCC2)ccc1OCC(=O)Nc1ccc(I)cc1. The first kappa shape index (κ1) is 20.1. The summed E-state index contributed by atoms with van der Waals surface area (Å²) in [6.45, 7) is 2.76. The molecule has 0 aromatic heterocycles. The molecule has 1 amide bonds. The number of nitrogens with one attached hydrogen (secondary N) is 1. The van der Waals surface area contributed by atoms with Gasteiger partial charge in [0.05, 0.1) is 4.90 Å². The number of hydrogen-bond donors (Lipinski definition) is 1. The van der Waals surface area contributed by atoms with Crippen molar-refractivity contribution in [3.05, 3.63) is 51.6 Å². The molecule has 0 spiro atoms. The highest BCUT2D eigenvalue weighted by Crippen LogP contribution is 2.26. The van der Waals surface area contributed by atoms with Crippen LogP contribution in [0.25, 0.3) is 0 Å². The molecule has 6 nitrogen and oxygen atoms in total. The van der Waals surface area contributed by atoms with E-state index in [1.165, 1.54) is 10.4 Å². The van der Waals surface area contributed by atoms with E-state index in [1.54, 1.807) is 19.1 Å². The van der Waals surface area contributed by atoms with E-state index >= 15 is 0 Å². The van der Waals surface area contributed by atoms with Gasteiger partial charge in [0.1, 0.15) is 5.75 Å². The van der Waals surface area contributed by atoms with Crippen LogP contribution in [0.1, 0.15) is 18.4 Å². The van der Waals surface area contributed by atoms with Crippen LogP contribution >= 0.6 is 22.6 Å². The lowest BCUT2D eigenvalue weighted by Gasteiger charge is -2.17. The summed E-state index contributed by atoms with van der Waals surface area (Å²) in [5, 5.41) is 2.76. The highest BCUT2D eigenvalue weighted by molar-refractivity contribution is 14.1. The number of carbonyl (C=O) groups is 1. The normalized spacial score (nSPS) is 14.9. The van der Waals surface area contributed by atoms with Gasteiger partial charge >= 0.3 is 0 Å². The Kier molecular flexibility index (Phi) is 6.38. The molecule has 2 aromatic rings. The van der Waals surface area contributed by atoms with Crippen molar-refractivity contribution in [2.24, 2.45) is 0 Å². The number of amides is 1. The standard InChI is InChI=1S/C19H21IN2O4S/c1-14-12-17(27(24,25)22-10-2-3-11-22)8-9-18(14)26-13-19(23)21-16-6-4-15(20)5-7-16/h4-9,12H,2-3,10-11,13H2,1H3,(H,21,23). The molecule has 1 N–H and O–H groups in total. The molecule has 8 heteroatoms. The molecule has 0 atom stereocenters. The number of anilines is 1. The van der Waals surface area contributed by atoms with Crippen LogP contribution in [0.4, 0.5) is 5.69 Å². The van der Waals surface area contributed by atoms with Crippen molar-refractivity contribution < 1.29 is 17.9 Å². The zero-order valence-electron chi connectivity index (χ0n) is 14.9. The Morgan fingerprint density at radius 1 is 1.15 bits per heavy atom. The third kappa shape index (κ3) is 4.99. The summed E-state index contributed by atoms with van der Waals surface area (Å²) in [6, 6.07) is 12.2. The van der Waals surface area contributed by atoms with Gasteiger partial charge in [0.15, 0.2) is 6.61 Å². The summed E-state index contributed by atoms with van der Waals surface area (Å²) in [5.41, 5.74) is 1.38. The van der Waals surface area contributed by atoms with Crippen LogP contribution in [0.15, 0.2) is 47.4 Å². The Balaban J connectivity index is 1.62. The van der Waals surface area contributed by atoms with E-state index in [0.29, 0.717) is 30.1 Å². The number of hydrogen-bond acceptors (Lipinski definition) is 4. The topological polar surface area (TPSA) is 75.7 Å². The van der Waals surface area contributed by atoms with Crippen molar-refractivity contribution in [1.82, 2.24) is 4.31 Å². The quantitative estimate of drug-likeness (QED) is 0.618. The minimum Gasteiger partial charge on any atom is -0.483 e. The van der Waals surface area contributed by atoms with Crippen LogP contribution in [0.2, 0.25) is 0 Å². The van der Waals surface area contributed by atoms with Crippen molar-refractivity contribution in [3.8, 4) is 5.75 Å². The Hall–Kier alpha value is -1.65. The van der Waals surface area contributed by atoms with Crippen molar-refractivity contribution in [2.75, 3.05) is 25.0 Å². The van der Waals surface area contributed by atoms with Crippen LogP contribution in [-0.2, 0) is 14.8 Å². The first-order chi connectivity index (χ1) is 12.9. The molecule has 1 heterocycles. The molecule has 1 fully saturated rings. The first-order valence-electron chi connectivity index (χ1n) is 8.65. The zero-order chi connectivity index (χ0) is 19.4. The van der Waals surface area contributed by atoms with E-state index in [0.717, 1.165) is 16.4 Å². The van der Waals surface area contributed by atoms with Crippen LogP contribution in [0, 0.1) is 10.5 Å². The predicted octanol–water partition coefficient (Wildman–Crippen LogP) is 3.40. The number of aryl methyl sites for hydroxylation is 1. The molecule has 0 aliphatic carbocycles. The van der Waals surface area contributed by atoms with Gasteiger partial charge in [-0.25, -0.2) is 8.42 Å². The van der Waals surface area contributed by atoms with E-state index in [1.807, 2.05) is 24.3 Å². The molecule has 27 heavy (non-hydrogen) atoms. The number of halogens is 1. The zero-order valence-corrected chi connectivity index (χ0v) is 17.9. The summed E-state index contributed by atoms with van der Waals surface area (Å²) in [5.74, 6) is 0.220. The molecule has 0 bridgehead atoms. The molecule has 0 radical (unpaired) electrons. The highest BCUT2D eigenvalue weighted by Gasteiger charge is 2.27. The van der Waals surface area contributed by atoms with Gasteiger partial charge in [0.2, 0.25) is 10.0 Å². The van der Waals surface area contributed by atoms with E-state index in [2.05, 4.69) is 27.9 Å². The van der Waals surface area contributed by atoms with Gasteiger partial charge in [0, 0.05) is 22.3 Å². The van der Waals surface area contributed by atoms with Crippen molar-refractivity contribution >= 4 is 44.2 Å². The van der Waals surface area contributed by atoms with Crippen LogP contribution < -0.4 is 10.1 Å². The van der Waals surface area contributed by atoms with Gasteiger partial charge < -0.3 is 10.1 Å². The molecule has 0 saturated carbocycles. The summed E-state index contributed by atoms with van der Waals surface area (Å²) < 4.78 is 33.4. The molecule has 1 saturated heterocycles. The van der Waals surface area contributed by atoms with Crippen LogP contribution in [-0.4, -0.2) is 38.3 Å². The van der Waals surface area contributed by atoms with Gasteiger partial charge in [0.25, 0.3) is 5.91 Å². The molecular weight excluding hydrogens is 479 g/mol. The second kappa shape index (κ2) is 8.57. The Bertz CT molecular complexity index is 923. The predicted molar refractivity (Wildman–Crippen MR) is 112 cm³/mol. The van der Waals surface area contributed by atoms with E-state index in [4.69, 9.17) is 4.74 Å². The van der Waals surface area contributed by atoms with Gasteiger partial charge in [-0.2, -0.15) is 4.31 Å². The fraction of sp³-hybridized carbons (Fsp3) is 0.316. The fourth-order valence-electron chi connectivity index (χ4n) is 2.90. The maximum Gasteiger partial charge on any atom is 0.262 e. The fourth-order valence-corrected chi connectivity index (χ4v) is 4.86. The maximum atomic E-state index is 12.6. The van der Waals surface area contributed by atoms with Crippen LogP contribution in [0.5, 0.6) is 5.75 Å². The largest absolute Gasteiger partial charge is 0.483 e. The molecule has 1 aliphatic rings. The van der Waals surface area contributed by atoms with Crippen LogP contribution in [0.3, 0.4) is 0 Å². The van der Waals surface area contributed by atoms with Crippen molar-refractivity contribution in [1.29, 1.82) is 0 Å². The van der Waals surface area contributed by atoms with E-state index in [-0.39, 0.29) is 17.4 Å². The molecule has 3 rings (SSSR count). The van der Waals surface area contributed by atoms with Gasteiger partial charge in [-0.3, -0.25) is 4.79 Å². The minimum absolute atomic E-state index is 0.148. The van der Waals surface area contributed by atoms with Crippen molar-refractivity contribution in [2.45, 2.75) is 24.7 Å². The number of rotatable bonds is 6. The number of nitrogens with zero attached hydrogens (tertiary/aromatic N) is 1. The number of ether oxygens (including phenoxy) is 1. The number of carbonyl (C=O) groups excluding carboxylic acids is 1. The summed E-state index contributed by atoms with van der Waals surface area (Å²) >= 11 is 2.20. The average molecular weight is 500 g/mol. The summed E-state index contributed by atoms with van der Waals surface area (Å²) in [7, 11) is -3.46. The van der Waals surface area contributed by atoms with Gasteiger partial charge in [-0.1, -0.05) is 0 Å². The smallest absolute Gasteiger partial charge is 0.262 e. The second-order valence-corrected chi connectivity index (χ2v) is 9.57. The molecule has 2 aromatic carbocycles. The Morgan fingerprint density at radius 2 is 1.81 bits per heavy atom. The molecular formula is C19H21IN2O4S. The third-order valence-corrected chi connectivity index (χ3v) is 6.95. The molecule has 0 unspecified atom stereocenters. The minimum atomic E-state index is -3.46. The summed E-state index contributed by atoms with van der Waals surface area (Å²) in [6.07, 6.45) is 1.80. The highest BCUT2D eigenvalue weighted by atomic mass is 127. The van der Waals surface area contributed by atoms with E-state index < -0.39 is 10.0 Å².